The molecule has 80 valence electrons. The van der Waals surface area contributed by atoms with E-state index in [-0.39, 0.29) is 26.2 Å². The maximum Gasteiger partial charge on any atom is 0.306 e. The van der Waals surface area contributed by atoms with E-state index in [9.17, 15) is 14.9 Å². The Hall–Kier alpha value is -1.17. The van der Waals surface area contributed by atoms with Gasteiger partial charge in [-0.2, -0.15) is 0 Å². The van der Waals surface area contributed by atoms with E-state index in [1.54, 1.807) is 6.92 Å². The number of nitro groups is 1. The largest absolute Gasteiger partial charge is 0.466 e. The quantitative estimate of drug-likeness (QED) is 0.363. The fourth-order valence-corrected chi connectivity index (χ4v) is 1.43. The van der Waals surface area contributed by atoms with Crippen LogP contribution in [0.5, 0.6) is 0 Å². The molecule has 1 saturated heterocycles. The number of nitrogens with zero attached hydrogens (tertiary/aromatic N) is 1. The Morgan fingerprint density at radius 2 is 2.29 bits per heavy atom. The number of ether oxygens (including phenoxy) is 2. The van der Waals surface area contributed by atoms with Crippen molar-refractivity contribution in [2.75, 3.05) is 26.4 Å². The van der Waals surface area contributed by atoms with Gasteiger partial charge in [-0.15, -0.1) is 0 Å². The van der Waals surface area contributed by atoms with Crippen LogP contribution < -0.4 is 0 Å². The van der Waals surface area contributed by atoms with Gasteiger partial charge in [0, 0.05) is 4.92 Å². The first-order chi connectivity index (χ1) is 6.58. The third-order valence-electron chi connectivity index (χ3n) is 2.11. The second-order valence-corrected chi connectivity index (χ2v) is 3.47. The molecule has 0 aromatic heterocycles. The van der Waals surface area contributed by atoms with Gasteiger partial charge < -0.3 is 9.47 Å². The molecule has 0 bridgehead atoms. The number of carbonyl (C=O) groups excluding carboxylic acids is 1. The first-order valence-electron chi connectivity index (χ1n) is 4.43. The topological polar surface area (TPSA) is 78.7 Å². The normalized spacial score (nSPS) is 18.4. The van der Waals surface area contributed by atoms with Gasteiger partial charge in [0.25, 0.3) is 0 Å². The van der Waals surface area contributed by atoms with Gasteiger partial charge in [-0.05, 0) is 6.92 Å². The molecule has 6 nitrogen and oxygen atoms in total. The third kappa shape index (κ3) is 2.66. The van der Waals surface area contributed by atoms with E-state index in [1.165, 1.54) is 0 Å². The lowest BCUT2D eigenvalue weighted by Gasteiger charge is -2.36. The van der Waals surface area contributed by atoms with E-state index in [1.807, 2.05) is 0 Å². The summed E-state index contributed by atoms with van der Waals surface area (Å²) in [6, 6.07) is 0. The van der Waals surface area contributed by atoms with E-state index >= 15 is 0 Å². The average molecular weight is 203 g/mol. The highest BCUT2D eigenvalue weighted by Crippen LogP contribution is 2.31. The van der Waals surface area contributed by atoms with Gasteiger partial charge in [-0.1, -0.05) is 0 Å². The Morgan fingerprint density at radius 1 is 1.64 bits per heavy atom. The van der Waals surface area contributed by atoms with Crippen molar-refractivity contribution in [2.24, 2.45) is 5.41 Å². The van der Waals surface area contributed by atoms with Crippen LogP contribution in [-0.2, 0) is 14.3 Å². The fraction of sp³-hybridized carbons (Fsp3) is 0.875. The van der Waals surface area contributed by atoms with Crippen molar-refractivity contribution in [3.8, 4) is 0 Å². The molecule has 0 unspecified atom stereocenters. The van der Waals surface area contributed by atoms with Crippen LogP contribution in [0.4, 0.5) is 0 Å². The Morgan fingerprint density at radius 3 is 2.64 bits per heavy atom. The molecule has 0 saturated carbocycles. The van der Waals surface area contributed by atoms with Gasteiger partial charge in [0.15, 0.2) is 0 Å². The summed E-state index contributed by atoms with van der Waals surface area (Å²) in [5, 5.41) is 10.3. The Bertz CT molecular complexity index is 236. The molecule has 0 radical (unpaired) electrons. The van der Waals surface area contributed by atoms with E-state index < -0.39 is 16.3 Å². The van der Waals surface area contributed by atoms with Gasteiger partial charge in [-0.25, -0.2) is 0 Å². The number of hydrogen-bond donors (Lipinski definition) is 0. The zero-order chi connectivity index (χ0) is 10.6. The molecule has 1 heterocycles. The molecule has 1 aliphatic rings. The lowest BCUT2D eigenvalue weighted by atomic mass is 9.82. The lowest BCUT2D eigenvalue weighted by Crippen LogP contribution is -2.49. The highest BCUT2D eigenvalue weighted by Gasteiger charge is 2.45. The smallest absolute Gasteiger partial charge is 0.306 e. The van der Waals surface area contributed by atoms with Gasteiger partial charge in [0.2, 0.25) is 6.54 Å². The average Bonchev–Trinajstić information content (AvgIpc) is 1.99. The van der Waals surface area contributed by atoms with Gasteiger partial charge in [-0.3, -0.25) is 14.9 Å². The molecule has 1 fully saturated rings. The van der Waals surface area contributed by atoms with Crippen LogP contribution in [0.25, 0.3) is 0 Å². The first-order valence-corrected chi connectivity index (χ1v) is 4.43. The Kier molecular flexibility index (Phi) is 3.40. The maximum atomic E-state index is 11.1. The van der Waals surface area contributed by atoms with Crippen LogP contribution in [0.3, 0.4) is 0 Å². The molecule has 14 heavy (non-hydrogen) atoms. The molecule has 0 aliphatic carbocycles. The molecule has 0 aromatic carbocycles. The molecular formula is C8H13NO5. The number of esters is 1. The molecule has 0 atom stereocenters. The van der Waals surface area contributed by atoms with Crippen molar-refractivity contribution >= 4 is 5.97 Å². The Balaban J connectivity index is 2.45. The van der Waals surface area contributed by atoms with E-state index in [0.29, 0.717) is 6.61 Å². The summed E-state index contributed by atoms with van der Waals surface area (Å²) in [7, 11) is 0. The molecule has 1 rings (SSSR count). The van der Waals surface area contributed by atoms with Crippen LogP contribution in [-0.4, -0.2) is 37.3 Å². The molecular weight excluding hydrogens is 190 g/mol. The molecule has 0 spiro atoms. The first kappa shape index (κ1) is 10.9. The molecule has 0 N–H and O–H groups in total. The van der Waals surface area contributed by atoms with E-state index in [0.717, 1.165) is 0 Å². The summed E-state index contributed by atoms with van der Waals surface area (Å²) >= 11 is 0. The summed E-state index contributed by atoms with van der Waals surface area (Å²) in [4.78, 5) is 21.1. The zero-order valence-electron chi connectivity index (χ0n) is 8.02. The standard InChI is InChI=1S/C8H13NO5/c1-2-14-7(10)3-8(4-9(11)12)5-13-6-8/h2-6H2,1H3. The summed E-state index contributed by atoms with van der Waals surface area (Å²) in [5.74, 6) is -0.391. The lowest BCUT2D eigenvalue weighted by molar-refractivity contribution is -0.507. The van der Waals surface area contributed by atoms with E-state index in [2.05, 4.69) is 0 Å². The number of carbonyl (C=O) groups is 1. The second-order valence-electron chi connectivity index (χ2n) is 3.47. The van der Waals surface area contributed by atoms with Crippen molar-refractivity contribution in [1.29, 1.82) is 0 Å². The van der Waals surface area contributed by atoms with E-state index in [4.69, 9.17) is 9.47 Å². The zero-order valence-corrected chi connectivity index (χ0v) is 8.02. The molecule has 0 aromatic rings. The minimum absolute atomic E-state index is 0.0713. The molecule has 0 amide bonds. The van der Waals surface area contributed by atoms with Crippen LogP contribution in [0, 0.1) is 15.5 Å². The SMILES string of the molecule is CCOC(=O)CC1(C[N+](=O)[O-])COC1. The summed E-state index contributed by atoms with van der Waals surface area (Å²) in [6.07, 6.45) is 0.0713. The van der Waals surface area contributed by atoms with Crippen LogP contribution in [0.1, 0.15) is 13.3 Å². The summed E-state index contributed by atoms with van der Waals surface area (Å²) in [6.45, 7) is 2.31. The predicted octanol–water partition coefficient (Wildman–Crippen LogP) is 0.233. The second kappa shape index (κ2) is 4.36. The third-order valence-corrected chi connectivity index (χ3v) is 2.11. The van der Waals surface area contributed by atoms with Crippen molar-refractivity contribution in [3.05, 3.63) is 10.1 Å². The number of rotatable bonds is 5. The molecule has 6 heteroatoms. The summed E-state index contributed by atoms with van der Waals surface area (Å²) < 4.78 is 9.64. The highest BCUT2D eigenvalue weighted by molar-refractivity contribution is 5.70. The summed E-state index contributed by atoms with van der Waals surface area (Å²) in [5.41, 5.74) is -0.629. The van der Waals surface area contributed by atoms with Crippen molar-refractivity contribution < 1.29 is 19.2 Å². The minimum atomic E-state index is -0.629. The van der Waals surface area contributed by atoms with Crippen LogP contribution in [0.2, 0.25) is 0 Å². The van der Waals surface area contributed by atoms with Crippen molar-refractivity contribution in [3.63, 3.8) is 0 Å². The van der Waals surface area contributed by atoms with Crippen molar-refractivity contribution in [2.45, 2.75) is 13.3 Å². The van der Waals surface area contributed by atoms with Crippen LogP contribution in [0.15, 0.2) is 0 Å². The van der Waals surface area contributed by atoms with Gasteiger partial charge in [0.05, 0.1) is 31.7 Å². The minimum Gasteiger partial charge on any atom is -0.466 e. The van der Waals surface area contributed by atoms with Gasteiger partial charge in [0.1, 0.15) is 0 Å². The maximum absolute atomic E-state index is 11.1. The highest BCUT2D eigenvalue weighted by atomic mass is 16.6. The monoisotopic (exact) mass is 203 g/mol. The number of hydrogen-bond acceptors (Lipinski definition) is 5. The predicted molar refractivity (Wildman–Crippen MR) is 46.4 cm³/mol. The molecule has 1 aliphatic heterocycles. The van der Waals surface area contributed by atoms with Crippen LogP contribution >= 0.6 is 0 Å². The fourth-order valence-electron chi connectivity index (χ4n) is 1.43. The van der Waals surface area contributed by atoms with Crippen molar-refractivity contribution in [1.82, 2.24) is 0 Å². The van der Waals surface area contributed by atoms with Gasteiger partial charge >= 0.3 is 5.97 Å². The Labute approximate surface area is 81.3 Å².